The molecule has 0 aliphatic carbocycles. The first-order valence-corrected chi connectivity index (χ1v) is 9.15. The van der Waals surface area contributed by atoms with Crippen molar-refractivity contribution in [1.82, 2.24) is 14.8 Å². The molecule has 0 unspecified atom stereocenters. The summed E-state index contributed by atoms with van der Waals surface area (Å²) in [5.41, 5.74) is 3.66. The summed E-state index contributed by atoms with van der Waals surface area (Å²) in [7, 11) is 1.48. The van der Waals surface area contributed by atoms with Crippen LogP contribution in [-0.2, 0) is 14.4 Å². The number of imide groups is 1. The Morgan fingerprint density at radius 1 is 1.04 bits per heavy atom. The van der Waals surface area contributed by atoms with Gasteiger partial charge in [-0.1, -0.05) is 12.1 Å². The molecule has 0 saturated carbocycles. The molecular weight excluding hydrogens is 356 g/mol. The largest absolute Gasteiger partial charge is 0.357 e. The number of aromatic nitrogens is 1. The monoisotopic (exact) mass is 376 g/mol. The number of nitrogens with zero attached hydrogens (tertiary/aromatic N) is 3. The van der Waals surface area contributed by atoms with Crippen molar-refractivity contribution in [2.24, 2.45) is 0 Å². The lowest BCUT2D eigenvalue weighted by molar-refractivity contribution is -0.136. The number of carbonyl (C=O) groups excluding carboxylic acids is 3. The normalized spacial score (nSPS) is 16.5. The van der Waals surface area contributed by atoms with Gasteiger partial charge in [0.2, 0.25) is 5.91 Å². The Morgan fingerprint density at radius 3 is 2.43 bits per heavy atom. The lowest BCUT2D eigenvalue weighted by atomic mass is 10.0. The number of nitrogens with one attached hydrogen (secondary N) is 1. The van der Waals surface area contributed by atoms with Crippen molar-refractivity contribution in [3.8, 4) is 11.1 Å². The standard InChI is InChI=1S/C21H20N4O3/c1-24-20(27)17-3-2-12-25(19(17)21(24)28)13-18(26)23-16-6-4-14(5-7-16)15-8-10-22-11-9-15/h4-11H,2-3,12-13H2,1H3,(H,23,26). The summed E-state index contributed by atoms with van der Waals surface area (Å²) in [5.74, 6) is -0.800. The highest BCUT2D eigenvalue weighted by atomic mass is 16.2. The molecule has 0 saturated heterocycles. The molecule has 4 rings (SSSR count). The molecule has 0 fully saturated rings. The summed E-state index contributed by atoms with van der Waals surface area (Å²) in [4.78, 5) is 43.8. The Kier molecular flexibility index (Phi) is 4.65. The summed E-state index contributed by atoms with van der Waals surface area (Å²) >= 11 is 0. The summed E-state index contributed by atoms with van der Waals surface area (Å²) in [6.45, 7) is 0.623. The molecular formula is C21H20N4O3. The number of hydrogen-bond donors (Lipinski definition) is 1. The van der Waals surface area contributed by atoms with Gasteiger partial charge in [-0.25, -0.2) is 0 Å². The second kappa shape index (κ2) is 7.26. The smallest absolute Gasteiger partial charge is 0.277 e. The molecule has 0 radical (unpaired) electrons. The maximum absolute atomic E-state index is 12.5. The number of benzene rings is 1. The number of hydrogen-bond acceptors (Lipinski definition) is 5. The van der Waals surface area contributed by atoms with Crippen molar-refractivity contribution in [2.45, 2.75) is 12.8 Å². The molecule has 7 heteroatoms. The van der Waals surface area contributed by atoms with Crippen LogP contribution < -0.4 is 5.32 Å². The van der Waals surface area contributed by atoms with Gasteiger partial charge in [0.15, 0.2) is 0 Å². The van der Waals surface area contributed by atoms with Crippen molar-refractivity contribution in [3.63, 3.8) is 0 Å². The molecule has 1 aromatic carbocycles. The fraction of sp³-hybridized carbons (Fsp3) is 0.238. The first-order valence-electron chi connectivity index (χ1n) is 9.15. The summed E-state index contributed by atoms with van der Waals surface area (Å²) in [6, 6.07) is 11.4. The molecule has 0 spiro atoms. The predicted octanol–water partition coefficient (Wildman–Crippen LogP) is 2.04. The molecule has 0 bridgehead atoms. The Bertz CT molecular complexity index is 967. The average Bonchev–Trinajstić information content (AvgIpc) is 2.94. The molecule has 3 amide bonds. The van der Waals surface area contributed by atoms with E-state index >= 15 is 0 Å². The third kappa shape index (κ3) is 3.26. The zero-order chi connectivity index (χ0) is 19.7. The van der Waals surface area contributed by atoms with Crippen molar-refractivity contribution in [3.05, 3.63) is 60.1 Å². The Labute approximate surface area is 162 Å². The maximum Gasteiger partial charge on any atom is 0.277 e. The van der Waals surface area contributed by atoms with Crippen LogP contribution >= 0.6 is 0 Å². The third-order valence-corrected chi connectivity index (χ3v) is 5.04. The first kappa shape index (κ1) is 17.9. The summed E-state index contributed by atoms with van der Waals surface area (Å²) in [6.07, 6.45) is 4.80. The average molecular weight is 376 g/mol. The number of carbonyl (C=O) groups is 3. The second-order valence-corrected chi connectivity index (χ2v) is 6.88. The Morgan fingerprint density at radius 2 is 1.71 bits per heavy atom. The van der Waals surface area contributed by atoms with Gasteiger partial charge in [-0.15, -0.1) is 0 Å². The fourth-order valence-electron chi connectivity index (χ4n) is 3.62. The maximum atomic E-state index is 12.5. The zero-order valence-electron chi connectivity index (χ0n) is 15.5. The van der Waals surface area contributed by atoms with Crippen LogP contribution in [0.4, 0.5) is 5.69 Å². The number of rotatable bonds is 4. The Hall–Kier alpha value is -3.48. The van der Waals surface area contributed by atoms with Gasteiger partial charge < -0.3 is 10.2 Å². The minimum Gasteiger partial charge on any atom is -0.357 e. The van der Waals surface area contributed by atoms with Crippen LogP contribution in [0.2, 0.25) is 0 Å². The van der Waals surface area contributed by atoms with Gasteiger partial charge in [0.25, 0.3) is 11.8 Å². The van der Waals surface area contributed by atoms with Gasteiger partial charge in [-0.2, -0.15) is 0 Å². The van der Waals surface area contributed by atoms with E-state index < -0.39 is 0 Å². The number of likely N-dealkylation sites (N-methyl/N-ethyl adjacent to an activating group) is 1. The number of anilines is 1. The van der Waals surface area contributed by atoms with Crippen molar-refractivity contribution in [2.75, 3.05) is 25.5 Å². The topological polar surface area (TPSA) is 82.6 Å². The number of amides is 3. The second-order valence-electron chi connectivity index (χ2n) is 6.88. The van der Waals surface area contributed by atoms with E-state index in [1.54, 1.807) is 17.3 Å². The molecule has 2 aliphatic rings. The lowest BCUT2D eigenvalue weighted by Crippen LogP contribution is -2.38. The van der Waals surface area contributed by atoms with E-state index in [0.717, 1.165) is 22.4 Å². The van der Waals surface area contributed by atoms with E-state index in [9.17, 15) is 14.4 Å². The SMILES string of the molecule is CN1C(=O)C2=C(C1=O)N(CC(=O)Nc1ccc(-c3ccncc3)cc1)CCC2. The van der Waals surface area contributed by atoms with E-state index in [2.05, 4.69) is 10.3 Å². The van der Waals surface area contributed by atoms with Crippen LogP contribution in [0, 0.1) is 0 Å². The van der Waals surface area contributed by atoms with Crippen molar-refractivity contribution in [1.29, 1.82) is 0 Å². The van der Waals surface area contributed by atoms with Gasteiger partial charge in [-0.05, 0) is 48.2 Å². The van der Waals surface area contributed by atoms with E-state index in [0.29, 0.717) is 29.9 Å². The molecule has 1 aromatic heterocycles. The van der Waals surface area contributed by atoms with Gasteiger partial charge >= 0.3 is 0 Å². The van der Waals surface area contributed by atoms with Crippen LogP contribution in [0.3, 0.4) is 0 Å². The van der Waals surface area contributed by atoms with Gasteiger partial charge in [0, 0.05) is 37.2 Å². The highest BCUT2D eigenvalue weighted by molar-refractivity contribution is 6.19. The minimum absolute atomic E-state index is 0.0395. The molecule has 1 N–H and O–H groups in total. The van der Waals surface area contributed by atoms with Crippen LogP contribution in [0.1, 0.15) is 12.8 Å². The van der Waals surface area contributed by atoms with E-state index in [1.165, 1.54) is 7.05 Å². The van der Waals surface area contributed by atoms with Crippen LogP contribution in [0.5, 0.6) is 0 Å². The highest BCUT2D eigenvalue weighted by Gasteiger charge is 2.40. The van der Waals surface area contributed by atoms with E-state index in [1.807, 2.05) is 36.4 Å². The van der Waals surface area contributed by atoms with Crippen LogP contribution in [-0.4, -0.2) is 52.6 Å². The third-order valence-electron chi connectivity index (χ3n) is 5.04. The Balaban J connectivity index is 1.43. The summed E-state index contributed by atoms with van der Waals surface area (Å²) < 4.78 is 0. The van der Waals surface area contributed by atoms with Crippen molar-refractivity contribution < 1.29 is 14.4 Å². The first-order chi connectivity index (χ1) is 13.5. The number of pyridine rings is 1. The molecule has 7 nitrogen and oxygen atoms in total. The fourth-order valence-corrected chi connectivity index (χ4v) is 3.62. The minimum atomic E-state index is -0.325. The van der Waals surface area contributed by atoms with Crippen LogP contribution in [0.25, 0.3) is 11.1 Å². The van der Waals surface area contributed by atoms with E-state index in [-0.39, 0.29) is 24.3 Å². The molecule has 2 aromatic rings. The van der Waals surface area contributed by atoms with Crippen LogP contribution in [0.15, 0.2) is 60.1 Å². The lowest BCUT2D eigenvalue weighted by Gasteiger charge is -2.28. The van der Waals surface area contributed by atoms with Gasteiger partial charge in [-0.3, -0.25) is 24.3 Å². The van der Waals surface area contributed by atoms with Gasteiger partial charge in [0.1, 0.15) is 5.70 Å². The summed E-state index contributed by atoms with van der Waals surface area (Å²) in [5, 5.41) is 2.86. The quantitative estimate of drug-likeness (QED) is 0.826. The van der Waals surface area contributed by atoms with Gasteiger partial charge in [0.05, 0.1) is 6.54 Å². The molecule has 2 aliphatic heterocycles. The highest BCUT2D eigenvalue weighted by Crippen LogP contribution is 2.30. The zero-order valence-corrected chi connectivity index (χ0v) is 15.5. The molecule has 28 heavy (non-hydrogen) atoms. The molecule has 142 valence electrons. The van der Waals surface area contributed by atoms with E-state index in [4.69, 9.17) is 0 Å². The van der Waals surface area contributed by atoms with Crippen molar-refractivity contribution >= 4 is 23.4 Å². The molecule has 0 atom stereocenters. The predicted molar refractivity (Wildman–Crippen MR) is 104 cm³/mol. The molecule has 3 heterocycles.